The third-order valence-electron chi connectivity index (χ3n) is 5.94. The van der Waals surface area contributed by atoms with Crippen molar-refractivity contribution in [3.8, 4) is 11.1 Å². The first-order valence-corrected chi connectivity index (χ1v) is 12.4. The molecule has 0 saturated heterocycles. The average molecular weight is 527 g/mol. The number of Topliss-reactive ketones (excluding diaryl/α,β-unsaturated/α-hetero) is 1. The second-order valence-electron chi connectivity index (χ2n) is 10.4. The third-order valence-corrected chi connectivity index (χ3v) is 5.94. The predicted octanol–water partition coefficient (Wildman–Crippen LogP) is 3.43. The summed E-state index contributed by atoms with van der Waals surface area (Å²) in [4.78, 5) is 54.3. The van der Waals surface area contributed by atoms with E-state index in [0.29, 0.717) is 0 Å². The number of benzene rings is 2. The normalized spacial score (nSPS) is 14.3. The molecule has 0 aromatic heterocycles. The van der Waals surface area contributed by atoms with Gasteiger partial charge in [0.1, 0.15) is 18.2 Å². The molecule has 0 bridgehead atoms. The summed E-state index contributed by atoms with van der Waals surface area (Å²) in [5, 5.41) is 11.6. The number of fused-ring (bicyclic) bond motifs is 3. The van der Waals surface area contributed by atoms with Crippen molar-refractivity contribution in [1.82, 2.24) is 10.8 Å². The molecule has 10 nitrogen and oxygen atoms in total. The highest BCUT2D eigenvalue weighted by atomic mass is 16.6. The van der Waals surface area contributed by atoms with Gasteiger partial charge < -0.3 is 19.9 Å². The van der Waals surface area contributed by atoms with Gasteiger partial charge in [0, 0.05) is 5.92 Å². The first kappa shape index (κ1) is 28.8. The molecule has 204 valence electrons. The summed E-state index contributed by atoms with van der Waals surface area (Å²) in [7, 11) is 0. The number of hydrogen-bond donors (Lipinski definition) is 3. The second kappa shape index (κ2) is 12.2. The van der Waals surface area contributed by atoms with E-state index < -0.39 is 48.1 Å². The van der Waals surface area contributed by atoms with Crippen molar-refractivity contribution in [3.05, 3.63) is 59.7 Å². The van der Waals surface area contributed by atoms with E-state index in [0.717, 1.165) is 22.3 Å². The lowest BCUT2D eigenvalue weighted by Gasteiger charge is -2.23. The zero-order valence-corrected chi connectivity index (χ0v) is 22.1. The summed E-state index contributed by atoms with van der Waals surface area (Å²) in [6.45, 7) is 7.79. The monoisotopic (exact) mass is 526 g/mol. The van der Waals surface area contributed by atoms with E-state index in [1.807, 2.05) is 48.5 Å². The predicted molar refractivity (Wildman–Crippen MR) is 138 cm³/mol. The Kier molecular flexibility index (Phi) is 9.24. The molecule has 38 heavy (non-hydrogen) atoms. The summed E-state index contributed by atoms with van der Waals surface area (Å²) in [6.07, 6.45) is -0.927. The van der Waals surface area contributed by atoms with E-state index in [1.54, 1.807) is 34.6 Å². The van der Waals surface area contributed by atoms with Crippen LogP contribution in [0.15, 0.2) is 48.5 Å². The smallest absolute Gasteiger partial charge is 0.408 e. The van der Waals surface area contributed by atoms with Gasteiger partial charge in [-0.05, 0) is 48.9 Å². The molecule has 0 fully saturated rings. The van der Waals surface area contributed by atoms with Gasteiger partial charge >= 0.3 is 18.0 Å². The number of hydrogen-bond acceptors (Lipinski definition) is 8. The Balaban J connectivity index is 1.58. The van der Waals surface area contributed by atoms with Crippen LogP contribution in [0.25, 0.3) is 11.1 Å². The molecule has 1 amide bonds. The number of carboxylic acid groups (broad SMARTS) is 1. The van der Waals surface area contributed by atoms with Crippen LogP contribution >= 0.6 is 0 Å². The summed E-state index contributed by atoms with van der Waals surface area (Å²) >= 11 is 0. The summed E-state index contributed by atoms with van der Waals surface area (Å²) in [6, 6.07) is 13.2. The standard InChI is InChI=1S/C28H34N2O8/c1-16(2)23(30-37-15-22(25(32)33)29-27(35)38-28(3,4)5)24(31)26(34)36-14-21-19-12-8-6-10-17(19)18-11-7-9-13-20(18)21/h6-13,16,21-23,30H,14-15H2,1-5H3,(H,29,35)(H,32,33)/t22-,23-/m0/s1. The van der Waals surface area contributed by atoms with E-state index in [9.17, 15) is 24.3 Å². The van der Waals surface area contributed by atoms with Gasteiger partial charge in [-0.3, -0.25) is 9.63 Å². The van der Waals surface area contributed by atoms with E-state index in [1.165, 1.54) is 0 Å². The molecule has 10 heteroatoms. The van der Waals surface area contributed by atoms with Crippen molar-refractivity contribution in [2.24, 2.45) is 5.92 Å². The number of alkyl carbamates (subject to hydrolysis) is 1. The van der Waals surface area contributed by atoms with E-state index in [2.05, 4.69) is 10.8 Å². The number of carboxylic acids is 1. The van der Waals surface area contributed by atoms with Gasteiger partial charge in [-0.25, -0.2) is 14.4 Å². The third kappa shape index (κ3) is 7.17. The second-order valence-corrected chi connectivity index (χ2v) is 10.4. The minimum Gasteiger partial charge on any atom is -0.480 e. The van der Waals surface area contributed by atoms with E-state index in [4.69, 9.17) is 14.3 Å². The fourth-order valence-corrected chi connectivity index (χ4v) is 4.13. The zero-order chi connectivity index (χ0) is 28.0. The molecular formula is C28H34N2O8. The molecule has 1 aliphatic carbocycles. The van der Waals surface area contributed by atoms with Crippen LogP contribution in [0.3, 0.4) is 0 Å². The lowest BCUT2D eigenvalue weighted by atomic mass is 9.98. The Morgan fingerprint density at radius 2 is 1.50 bits per heavy atom. The summed E-state index contributed by atoms with van der Waals surface area (Å²) < 4.78 is 10.5. The maximum absolute atomic E-state index is 12.9. The molecule has 3 N–H and O–H groups in total. The van der Waals surface area contributed by atoms with Crippen LogP contribution in [0.5, 0.6) is 0 Å². The van der Waals surface area contributed by atoms with Crippen LogP contribution in [0, 0.1) is 5.92 Å². The van der Waals surface area contributed by atoms with E-state index in [-0.39, 0.29) is 18.4 Å². The van der Waals surface area contributed by atoms with Gasteiger partial charge in [-0.1, -0.05) is 62.4 Å². The fraction of sp³-hybridized carbons (Fsp3) is 0.429. The number of amides is 1. The molecular weight excluding hydrogens is 492 g/mol. The molecule has 2 aromatic carbocycles. The van der Waals surface area contributed by atoms with Crippen molar-refractivity contribution in [1.29, 1.82) is 0 Å². The molecule has 0 heterocycles. The number of esters is 1. The van der Waals surface area contributed by atoms with Crippen LogP contribution in [0.4, 0.5) is 4.79 Å². The maximum Gasteiger partial charge on any atom is 0.408 e. The van der Waals surface area contributed by atoms with Crippen LogP contribution in [0.2, 0.25) is 0 Å². The highest BCUT2D eigenvalue weighted by Gasteiger charge is 2.34. The van der Waals surface area contributed by atoms with Gasteiger partial charge in [0.15, 0.2) is 6.04 Å². The Labute approximate surface area is 221 Å². The number of carbonyl (C=O) groups excluding carboxylic acids is 3. The fourth-order valence-electron chi connectivity index (χ4n) is 4.13. The molecule has 2 atom stereocenters. The Morgan fingerprint density at radius 1 is 0.947 bits per heavy atom. The minimum absolute atomic E-state index is 0.00876. The zero-order valence-electron chi connectivity index (χ0n) is 22.1. The number of hydroxylamine groups is 1. The molecule has 2 aromatic rings. The minimum atomic E-state index is -1.45. The lowest BCUT2D eigenvalue weighted by molar-refractivity contribution is -0.158. The Bertz CT molecular complexity index is 1140. The molecule has 0 unspecified atom stereocenters. The molecule has 0 spiro atoms. The van der Waals surface area contributed by atoms with Gasteiger partial charge in [-0.2, -0.15) is 5.48 Å². The van der Waals surface area contributed by atoms with Crippen LogP contribution in [-0.4, -0.2) is 59.8 Å². The van der Waals surface area contributed by atoms with Gasteiger partial charge in [0.05, 0.1) is 6.61 Å². The molecule has 1 aliphatic rings. The highest BCUT2D eigenvalue weighted by Crippen LogP contribution is 2.44. The molecule has 0 saturated carbocycles. The summed E-state index contributed by atoms with van der Waals surface area (Å²) in [5.74, 6) is -3.82. The first-order valence-electron chi connectivity index (χ1n) is 12.4. The number of aliphatic carboxylic acids is 1. The largest absolute Gasteiger partial charge is 0.480 e. The Hall–Kier alpha value is -3.76. The molecule has 3 rings (SSSR count). The van der Waals surface area contributed by atoms with Crippen molar-refractivity contribution >= 4 is 23.8 Å². The van der Waals surface area contributed by atoms with E-state index >= 15 is 0 Å². The topological polar surface area (TPSA) is 140 Å². The number of ketones is 1. The van der Waals surface area contributed by atoms with Gasteiger partial charge in [0.2, 0.25) is 0 Å². The molecule has 0 aliphatic heterocycles. The quantitative estimate of drug-likeness (QED) is 0.228. The van der Waals surface area contributed by atoms with Crippen molar-refractivity contribution in [3.63, 3.8) is 0 Å². The van der Waals surface area contributed by atoms with Crippen molar-refractivity contribution in [2.75, 3.05) is 13.2 Å². The van der Waals surface area contributed by atoms with Crippen LogP contribution in [-0.2, 0) is 28.7 Å². The van der Waals surface area contributed by atoms with Crippen LogP contribution < -0.4 is 10.8 Å². The number of carbonyl (C=O) groups is 4. The molecule has 0 radical (unpaired) electrons. The van der Waals surface area contributed by atoms with Crippen molar-refractivity contribution < 1.29 is 38.6 Å². The Morgan fingerprint density at radius 3 is 2.00 bits per heavy atom. The number of rotatable bonds is 11. The SMILES string of the molecule is CC(C)[C@H](NOC[C@H](NC(=O)OC(C)(C)C)C(=O)O)C(=O)C(=O)OCC1c2ccccc2-c2ccccc21. The van der Waals surface area contributed by atoms with Crippen molar-refractivity contribution in [2.45, 2.75) is 58.2 Å². The highest BCUT2D eigenvalue weighted by molar-refractivity contribution is 6.35. The number of nitrogens with one attached hydrogen (secondary N) is 2. The first-order chi connectivity index (χ1) is 17.9. The lowest BCUT2D eigenvalue weighted by Crippen LogP contribution is -2.50. The van der Waals surface area contributed by atoms with Crippen LogP contribution in [0.1, 0.15) is 51.7 Å². The summed E-state index contributed by atoms with van der Waals surface area (Å²) in [5.41, 5.74) is 5.82. The average Bonchev–Trinajstić information content (AvgIpc) is 3.16. The van der Waals surface area contributed by atoms with Gasteiger partial charge in [-0.15, -0.1) is 0 Å². The number of ether oxygens (including phenoxy) is 2. The van der Waals surface area contributed by atoms with Gasteiger partial charge in [0.25, 0.3) is 5.78 Å². The maximum atomic E-state index is 12.9.